The maximum Gasteiger partial charge on any atom is 0.255 e. The zero-order valence-electron chi connectivity index (χ0n) is 10.8. The van der Waals surface area contributed by atoms with Crippen molar-refractivity contribution in [1.82, 2.24) is 4.98 Å². The zero-order valence-corrected chi connectivity index (χ0v) is 12.4. The Hall–Kier alpha value is -2.27. The summed E-state index contributed by atoms with van der Waals surface area (Å²) in [5, 5.41) is 4.51. The van der Waals surface area contributed by atoms with Gasteiger partial charge in [-0.1, -0.05) is 28.1 Å². The first-order chi connectivity index (χ1) is 10.1. The first kappa shape index (κ1) is 13.7. The summed E-state index contributed by atoms with van der Waals surface area (Å²) in [7, 11) is 0. The Morgan fingerprint density at radius 3 is 2.67 bits per heavy atom. The molecule has 0 unspecified atom stereocenters. The van der Waals surface area contributed by atoms with Crippen molar-refractivity contribution in [2.45, 2.75) is 0 Å². The predicted molar refractivity (Wildman–Crippen MR) is 83.8 cm³/mol. The number of anilines is 1. The van der Waals surface area contributed by atoms with Crippen LogP contribution in [-0.4, -0.2) is 10.9 Å². The van der Waals surface area contributed by atoms with E-state index in [1.54, 1.807) is 12.1 Å². The van der Waals surface area contributed by atoms with Crippen LogP contribution in [0.3, 0.4) is 0 Å². The van der Waals surface area contributed by atoms with E-state index in [1.165, 1.54) is 12.3 Å². The van der Waals surface area contributed by atoms with Crippen LogP contribution in [0.5, 0.6) is 0 Å². The molecule has 2 aromatic carbocycles. The van der Waals surface area contributed by atoms with E-state index < -0.39 is 5.82 Å². The van der Waals surface area contributed by atoms with Crippen LogP contribution in [0.2, 0.25) is 0 Å². The quantitative estimate of drug-likeness (QED) is 0.749. The molecule has 0 aliphatic heterocycles. The molecule has 3 aromatic rings. The number of nitrogens with one attached hydrogen (secondary N) is 1. The van der Waals surface area contributed by atoms with Gasteiger partial charge in [0.2, 0.25) is 0 Å². The van der Waals surface area contributed by atoms with Gasteiger partial charge >= 0.3 is 0 Å². The topological polar surface area (TPSA) is 42.0 Å². The largest absolute Gasteiger partial charge is 0.319 e. The second kappa shape index (κ2) is 5.61. The number of amides is 1. The van der Waals surface area contributed by atoms with Crippen LogP contribution in [0.1, 0.15) is 10.4 Å². The van der Waals surface area contributed by atoms with Crippen molar-refractivity contribution in [1.29, 1.82) is 0 Å². The third kappa shape index (κ3) is 2.92. The molecule has 0 aliphatic carbocycles. The molecule has 3 rings (SSSR count). The smallest absolute Gasteiger partial charge is 0.255 e. The van der Waals surface area contributed by atoms with Gasteiger partial charge in [-0.05, 0) is 41.1 Å². The molecule has 1 N–H and O–H groups in total. The molecule has 21 heavy (non-hydrogen) atoms. The Bertz CT molecular complexity index is 835. The normalized spacial score (nSPS) is 10.6. The van der Waals surface area contributed by atoms with Gasteiger partial charge in [0, 0.05) is 16.2 Å². The molecule has 0 spiro atoms. The lowest BCUT2D eigenvalue weighted by Gasteiger charge is -2.07. The highest BCUT2D eigenvalue weighted by Crippen LogP contribution is 2.21. The van der Waals surface area contributed by atoms with Gasteiger partial charge < -0.3 is 5.32 Å². The molecule has 0 saturated carbocycles. The van der Waals surface area contributed by atoms with E-state index in [9.17, 15) is 9.18 Å². The fourth-order valence-electron chi connectivity index (χ4n) is 2.03. The van der Waals surface area contributed by atoms with Crippen molar-refractivity contribution in [3.8, 4) is 0 Å². The first-order valence-electron chi connectivity index (χ1n) is 6.24. The second-order valence-corrected chi connectivity index (χ2v) is 5.43. The van der Waals surface area contributed by atoms with E-state index in [0.29, 0.717) is 5.56 Å². The van der Waals surface area contributed by atoms with Gasteiger partial charge in [-0.2, -0.15) is 0 Å². The monoisotopic (exact) mass is 344 g/mol. The molecule has 3 nitrogen and oxygen atoms in total. The Labute approximate surface area is 128 Å². The fraction of sp³-hybridized carbons (Fsp3) is 0. The van der Waals surface area contributed by atoms with Crippen molar-refractivity contribution in [3.05, 3.63) is 70.7 Å². The number of benzene rings is 2. The molecule has 0 atom stereocenters. The van der Waals surface area contributed by atoms with E-state index in [-0.39, 0.29) is 11.6 Å². The molecule has 5 heteroatoms. The average molecular weight is 345 g/mol. The van der Waals surface area contributed by atoms with Gasteiger partial charge in [0.15, 0.2) is 5.82 Å². The SMILES string of the molecule is O=C(Nc1ccncc1F)c1ccc2cc(Br)ccc2c1. The second-order valence-electron chi connectivity index (χ2n) is 4.52. The van der Waals surface area contributed by atoms with E-state index in [0.717, 1.165) is 21.4 Å². The molecule has 1 aromatic heterocycles. The number of halogens is 2. The molecule has 104 valence electrons. The van der Waals surface area contributed by atoms with Crippen molar-refractivity contribution >= 4 is 38.3 Å². The van der Waals surface area contributed by atoms with Gasteiger partial charge in [0.1, 0.15) is 0 Å². The van der Waals surface area contributed by atoms with Gasteiger partial charge in [-0.3, -0.25) is 9.78 Å². The molecule has 0 bridgehead atoms. The Kier molecular flexibility index (Phi) is 3.66. The highest BCUT2D eigenvalue weighted by molar-refractivity contribution is 9.10. The molecule has 0 fully saturated rings. The van der Waals surface area contributed by atoms with Crippen molar-refractivity contribution in [3.63, 3.8) is 0 Å². The Morgan fingerprint density at radius 2 is 1.86 bits per heavy atom. The third-order valence-corrected chi connectivity index (χ3v) is 3.58. The van der Waals surface area contributed by atoms with E-state index in [2.05, 4.69) is 26.2 Å². The number of carbonyl (C=O) groups excluding carboxylic acids is 1. The molecular formula is C16H10BrFN2O. The maximum absolute atomic E-state index is 13.5. The number of hydrogen-bond donors (Lipinski definition) is 1. The maximum atomic E-state index is 13.5. The number of hydrogen-bond acceptors (Lipinski definition) is 2. The van der Waals surface area contributed by atoms with Crippen molar-refractivity contribution < 1.29 is 9.18 Å². The van der Waals surface area contributed by atoms with Crippen LogP contribution in [0.4, 0.5) is 10.1 Å². The van der Waals surface area contributed by atoms with Crippen LogP contribution < -0.4 is 5.32 Å². The van der Waals surface area contributed by atoms with Gasteiger partial charge in [0.05, 0.1) is 11.9 Å². The summed E-state index contributed by atoms with van der Waals surface area (Å²) in [6.45, 7) is 0. The number of carbonyl (C=O) groups is 1. The zero-order chi connectivity index (χ0) is 14.8. The summed E-state index contributed by atoms with van der Waals surface area (Å²) in [4.78, 5) is 15.8. The third-order valence-electron chi connectivity index (χ3n) is 3.09. The minimum atomic E-state index is -0.560. The summed E-state index contributed by atoms with van der Waals surface area (Å²) < 4.78 is 14.5. The average Bonchev–Trinajstić information content (AvgIpc) is 2.49. The van der Waals surface area contributed by atoms with Gasteiger partial charge in [-0.25, -0.2) is 4.39 Å². The van der Waals surface area contributed by atoms with E-state index in [1.807, 2.05) is 24.3 Å². The van der Waals surface area contributed by atoms with Gasteiger partial charge in [-0.15, -0.1) is 0 Å². The summed E-state index contributed by atoms with van der Waals surface area (Å²) >= 11 is 3.41. The number of fused-ring (bicyclic) bond motifs is 1. The summed E-state index contributed by atoms with van der Waals surface area (Å²) in [6, 6.07) is 12.6. The Morgan fingerprint density at radius 1 is 1.10 bits per heavy atom. The van der Waals surface area contributed by atoms with Gasteiger partial charge in [0.25, 0.3) is 5.91 Å². The summed E-state index contributed by atoms with van der Waals surface area (Å²) in [5.41, 5.74) is 0.590. The first-order valence-corrected chi connectivity index (χ1v) is 7.03. The Balaban J connectivity index is 1.91. The van der Waals surface area contributed by atoms with Crippen LogP contribution in [0, 0.1) is 5.82 Å². The fourth-order valence-corrected chi connectivity index (χ4v) is 2.41. The number of aromatic nitrogens is 1. The van der Waals surface area contributed by atoms with Crippen LogP contribution in [0.15, 0.2) is 59.3 Å². The lowest BCUT2D eigenvalue weighted by atomic mass is 10.1. The van der Waals surface area contributed by atoms with E-state index in [4.69, 9.17) is 0 Å². The molecule has 0 radical (unpaired) electrons. The van der Waals surface area contributed by atoms with E-state index >= 15 is 0 Å². The molecule has 1 heterocycles. The molecule has 0 saturated heterocycles. The standard InChI is InChI=1S/C16H10BrFN2O/c17-13-4-3-10-7-12(2-1-11(10)8-13)16(21)20-15-5-6-19-9-14(15)18/h1-9H,(H,19,20,21). The predicted octanol–water partition coefficient (Wildman–Crippen LogP) is 4.39. The minimum absolute atomic E-state index is 0.117. The highest BCUT2D eigenvalue weighted by atomic mass is 79.9. The number of nitrogens with zero attached hydrogens (tertiary/aromatic N) is 1. The van der Waals surface area contributed by atoms with Crippen LogP contribution in [-0.2, 0) is 0 Å². The van der Waals surface area contributed by atoms with Crippen LogP contribution >= 0.6 is 15.9 Å². The summed E-state index contributed by atoms with van der Waals surface area (Å²) in [6.07, 6.45) is 2.49. The minimum Gasteiger partial charge on any atom is -0.319 e. The molecular weight excluding hydrogens is 335 g/mol. The van der Waals surface area contributed by atoms with Crippen LogP contribution in [0.25, 0.3) is 10.8 Å². The number of rotatable bonds is 2. The van der Waals surface area contributed by atoms with Crippen molar-refractivity contribution in [2.75, 3.05) is 5.32 Å². The summed E-state index contributed by atoms with van der Waals surface area (Å²) in [5.74, 6) is -0.916. The lowest BCUT2D eigenvalue weighted by Crippen LogP contribution is -2.13. The highest BCUT2D eigenvalue weighted by Gasteiger charge is 2.09. The van der Waals surface area contributed by atoms with Crippen molar-refractivity contribution in [2.24, 2.45) is 0 Å². The molecule has 1 amide bonds. The molecule has 0 aliphatic rings. The number of pyridine rings is 1. The lowest BCUT2D eigenvalue weighted by molar-refractivity contribution is 0.102.